The fourth-order valence-corrected chi connectivity index (χ4v) is 6.42. The summed E-state index contributed by atoms with van der Waals surface area (Å²) >= 11 is 1.62. The first kappa shape index (κ1) is 25.6. The molecule has 9 heteroatoms. The summed E-state index contributed by atoms with van der Waals surface area (Å²) in [5.74, 6) is -0.130. The van der Waals surface area contributed by atoms with E-state index in [9.17, 15) is 4.79 Å². The monoisotopic (exact) mass is 540 g/mol. The lowest BCUT2D eigenvalue weighted by molar-refractivity contribution is 0.0139. The van der Waals surface area contributed by atoms with Crippen molar-refractivity contribution in [3.8, 4) is 11.3 Å². The normalized spacial score (nSPS) is 17.8. The Morgan fingerprint density at radius 3 is 2.87 bits per heavy atom. The first-order chi connectivity index (χ1) is 19.1. The van der Waals surface area contributed by atoms with Crippen LogP contribution in [0.5, 0.6) is 0 Å². The van der Waals surface area contributed by atoms with E-state index in [2.05, 4.69) is 20.2 Å². The van der Waals surface area contributed by atoms with Gasteiger partial charge in [-0.3, -0.25) is 20.0 Å². The number of nitrogens with zero attached hydrogens (tertiary/aromatic N) is 5. The number of aliphatic imine (C=N–C) groups is 1. The standard InChI is InChI=1S/C30H32N6O2S/c1-31-17-21-5-7-23(8-6-21)27-19-35(20-32-27)18-22-3-2-4-24(15-22)29(37)34-30-33-26-10-9-25(16-28(26)39-30)36-11-13-38-14-12-36/h2-8,15,17,19-20,25H,9-14,16,18H2,1H3,(H,33,34,37). The summed E-state index contributed by atoms with van der Waals surface area (Å²) in [4.78, 5) is 30.3. The Hall–Kier alpha value is -3.66. The molecular formula is C30H32N6O2S. The molecule has 1 N–H and O–H groups in total. The molecule has 3 heterocycles. The zero-order valence-corrected chi connectivity index (χ0v) is 22.9. The fraction of sp³-hybridized carbons (Fsp3) is 0.333. The molecule has 1 aliphatic heterocycles. The SMILES string of the molecule is CN=Cc1ccc(-c2cn(Cc3cccc(C(=O)Nc4nc5c(s4)CC(N4CCOCC4)CC5)c3)cn2)cc1. The second kappa shape index (κ2) is 11.6. The molecule has 39 heavy (non-hydrogen) atoms. The number of rotatable bonds is 7. The Bertz CT molecular complexity index is 1470. The molecule has 1 fully saturated rings. The van der Waals surface area contributed by atoms with Gasteiger partial charge in [-0.25, -0.2) is 9.97 Å². The number of thiazole rings is 1. The van der Waals surface area contributed by atoms with Gasteiger partial charge >= 0.3 is 0 Å². The molecule has 1 aliphatic carbocycles. The van der Waals surface area contributed by atoms with Crippen molar-refractivity contribution >= 4 is 28.6 Å². The average Bonchev–Trinajstić information content (AvgIpc) is 3.60. The maximum Gasteiger partial charge on any atom is 0.257 e. The molecule has 2 aromatic carbocycles. The zero-order valence-electron chi connectivity index (χ0n) is 22.0. The lowest BCUT2D eigenvalue weighted by Crippen LogP contribution is -2.45. The molecule has 1 amide bonds. The van der Waals surface area contributed by atoms with E-state index in [0.29, 0.717) is 23.3 Å². The third-order valence-corrected chi connectivity index (χ3v) is 8.40. The van der Waals surface area contributed by atoms with Crippen molar-refractivity contribution in [3.63, 3.8) is 0 Å². The third kappa shape index (κ3) is 6.00. The number of amides is 1. The van der Waals surface area contributed by atoms with Crippen LogP contribution in [0.1, 0.15) is 38.5 Å². The molecule has 1 atom stereocenters. The van der Waals surface area contributed by atoms with E-state index in [1.807, 2.05) is 71.8 Å². The highest BCUT2D eigenvalue weighted by molar-refractivity contribution is 7.15. The number of aromatic nitrogens is 3. The van der Waals surface area contributed by atoms with E-state index in [4.69, 9.17) is 9.72 Å². The molecule has 1 saturated heterocycles. The Morgan fingerprint density at radius 1 is 1.21 bits per heavy atom. The number of carbonyl (C=O) groups excluding carboxylic acids is 1. The number of nitrogens with one attached hydrogen (secondary N) is 1. The third-order valence-electron chi connectivity index (χ3n) is 7.37. The van der Waals surface area contributed by atoms with Crippen molar-refractivity contribution in [3.05, 3.63) is 88.3 Å². The molecule has 0 spiro atoms. The van der Waals surface area contributed by atoms with Crippen LogP contribution in [-0.4, -0.2) is 70.9 Å². The van der Waals surface area contributed by atoms with Crippen LogP contribution in [-0.2, 0) is 24.1 Å². The van der Waals surface area contributed by atoms with E-state index >= 15 is 0 Å². The van der Waals surface area contributed by atoms with Gasteiger partial charge in [0.25, 0.3) is 5.91 Å². The van der Waals surface area contributed by atoms with Crippen LogP contribution >= 0.6 is 11.3 Å². The molecule has 1 unspecified atom stereocenters. The van der Waals surface area contributed by atoms with Gasteiger partial charge in [0.15, 0.2) is 5.13 Å². The first-order valence-electron chi connectivity index (χ1n) is 13.4. The van der Waals surface area contributed by atoms with E-state index < -0.39 is 0 Å². The quantitative estimate of drug-likeness (QED) is 0.348. The van der Waals surface area contributed by atoms with Crippen molar-refractivity contribution in [1.29, 1.82) is 0 Å². The van der Waals surface area contributed by atoms with Gasteiger partial charge in [0.2, 0.25) is 0 Å². The van der Waals surface area contributed by atoms with Gasteiger partial charge in [0.1, 0.15) is 0 Å². The molecular weight excluding hydrogens is 508 g/mol. The Kier molecular flexibility index (Phi) is 7.62. The molecule has 4 aromatic rings. The van der Waals surface area contributed by atoms with Crippen molar-refractivity contribution in [2.75, 3.05) is 38.7 Å². The van der Waals surface area contributed by atoms with Crippen LogP contribution in [0.2, 0.25) is 0 Å². The summed E-state index contributed by atoms with van der Waals surface area (Å²) in [6.07, 6.45) is 8.76. The number of carbonyl (C=O) groups is 1. The first-order valence-corrected chi connectivity index (χ1v) is 14.2. The van der Waals surface area contributed by atoms with E-state index in [1.54, 1.807) is 18.4 Å². The van der Waals surface area contributed by atoms with Crippen LogP contribution in [0.25, 0.3) is 11.3 Å². The summed E-state index contributed by atoms with van der Waals surface area (Å²) in [6.45, 7) is 4.26. The molecule has 2 aliphatic rings. The van der Waals surface area contributed by atoms with Crippen molar-refractivity contribution < 1.29 is 9.53 Å². The fourth-order valence-electron chi connectivity index (χ4n) is 5.34. The minimum atomic E-state index is -0.130. The molecule has 6 rings (SSSR count). The Morgan fingerprint density at radius 2 is 2.05 bits per heavy atom. The number of imidazole rings is 1. The van der Waals surface area contributed by atoms with Crippen molar-refractivity contribution in [2.45, 2.75) is 31.8 Å². The van der Waals surface area contributed by atoms with Crippen LogP contribution < -0.4 is 5.32 Å². The average molecular weight is 541 g/mol. The lowest BCUT2D eigenvalue weighted by Gasteiger charge is -2.36. The van der Waals surface area contributed by atoms with Gasteiger partial charge in [0, 0.05) is 61.1 Å². The predicted molar refractivity (Wildman–Crippen MR) is 155 cm³/mol. The van der Waals surface area contributed by atoms with E-state index in [1.165, 1.54) is 4.88 Å². The molecule has 0 radical (unpaired) electrons. The second-order valence-electron chi connectivity index (χ2n) is 10.0. The minimum Gasteiger partial charge on any atom is -0.379 e. The van der Waals surface area contributed by atoms with Gasteiger partial charge in [-0.1, -0.05) is 36.4 Å². The number of anilines is 1. The van der Waals surface area contributed by atoms with Gasteiger partial charge in [-0.2, -0.15) is 0 Å². The van der Waals surface area contributed by atoms with Gasteiger partial charge in [-0.15, -0.1) is 11.3 Å². The Balaban J connectivity index is 1.09. The highest BCUT2D eigenvalue weighted by atomic mass is 32.1. The summed E-state index contributed by atoms with van der Waals surface area (Å²) in [6, 6.07) is 16.5. The summed E-state index contributed by atoms with van der Waals surface area (Å²) in [5, 5.41) is 3.73. The minimum absolute atomic E-state index is 0.130. The smallest absolute Gasteiger partial charge is 0.257 e. The second-order valence-corrected chi connectivity index (χ2v) is 11.1. The maximum atomic E-state index is 13.1. The topological polar surface area (TPSA) is 84.6 Å². The van der Waals surface area contributed by atoms with Crippen LogP contribution in [0.3, 0.4) is 0 Å². The Labute approximate surface area is 232 Å². The van der Waals surface area contributed by atoms with Crippen molar-refractivity contribution in [2.24, 2.45) is 4.99 Å². The highest BCUT2D eigenvalue weighted by Gasteiger charge is 2.28. The molecule has 200 valence electrons. The number of benzene rings is 2. The highest BCUT2D eigenvalue weighted by Crippen LogP contribution is 2.32. The maximum absolute atomic E-state index is 13.1. The van der Waals surface area contributed by atoms with Crippen molar-refractivity contribution in [1.82, 2.24) is 19.4 Å². The van der Waals surface area contributed by atoms with Crippen LogP contribution in [0.4, 0.5) is 5.13 Å². The largest absolute Gasteiger partial charge is 0.379 e. The molecule has 8 nitrogen and oxygen atoms in total. The number of morpholine rings is 1. The van der Waals surface area contributed by atoms with E-state index in [0.717, 1.165) is 73.6 Å². The summed E-state index contributed by atoms with van der Waals surface area (Å²) in [5.41, 5.74) is 5.82. The molecule has 0 saturated carbocycles. The number of fused-ring (bicyclic) bond motifs is 1. The number of aryl methyl sites for hydroxylation is 1. The predicted octanol–water partition coefficient (Wildman–Crippen LogP) is 4.55. The zero-order chi connectivity index (χ0) is 26.6. The number of hydrogen-bond acceptors (Lipinski definition) is 7. The molecule has 0 bridgehead atoms. The van der Waals surface area contributed by atoms with Gasteiger partial charge in [-0.05, 0) is 42.5 Å². The van der Waals surface area contributed by atoms with Gasteiger partial charge < -0.3 is 9.30 Å². The number of ether oxygens (including phenoxy) is 1. The number of hydrogen-bond donors (Lipinski definition) is 1. The summed E-state index contributed by atoms with van der Waals surface area (Å²) < 4.78 is 7.55. The lowest BCUT2D eigenvalue weighted by atomic mass is 9.96. The molecule has 2 aromatic heterocycles. The van der Waals surface area contributed by atoms with Crippen LogP contribution in [0.15, 0.2) is 66.0 Å². The summed E-state index contributed by atoms with van der Waals surface area (Å²) in [7, 11) is 1.77. The van der Waals surface area contributed by atoms with Gasteiger partial charge in [0.05, 0.1) is 30.9 Å². The van der Waals surface area contributed by atoms with E-state index in [-0.39, 0.29) is 5.91 Å². The van der Waals surface area contributed by atoms with Crippen LogP contribution in [0, 0.1) is 0 Å².